The Morgan fingerprint density at radius 2 is 1.88 bits per heavy atom. The van der Waals surface area contributed by atoms with Crippen LogP contribution in [0.25, 0.3) is 0 Å². The summed E-state index contributed by atoms with van der Waals surface area (Å²) in [5, 5.41) is 5.75. The molecule has 150 valence electrons. The lowest BCUT2D eigenvalue weighted by Crippen LogP contribution is -2.32. The number of carbonyl (C=O) groups is 1. The van der Waals surface area contributed by atoms with E-state index < -0.39 is 10.0 Å². The molecule has 0 heterocycles. The fraction of sp³-hybridized carbons (Fsp3) is 0.562. The second-order valence-corrected chi connectivity index (χ2v) is 7.20. The first-order valence-corrected chi connectivity index (χ1v) is 9.71. The van der Waals surface area contributed by atoms with Crippen LogP contribution in [0.15, 0.2) is 23.1 Å². The molecule has 4 N–H and O–H groups in total. The van der Waals surface area contributed by atoms with Crippen molar-refractivity contribution in [2.45, 2.75) is 18.7 Å². The van der Waals surface area contributed by atoms with Crippen LogP contribution < -0.4 is 16.4 Å². The smallest absolute Gasteiger partial charge is 0.253 e. The van der Waals surface area contributed by atoms with E-state index in [1.165, 1.54) is 16.4 Å². The monoisotopic (exact) mass is 408 g/mol. The molecule has 8 nitrogen and oxygen atoms in total. The Morgan fingerprint density at radius 3 is 2.42 bits per heavy atom. The number of ether oxygens (including phenoxy) is 1. The summed E-state index contributed by atoms with van der Waals surface area (Å²) in [6, 6.07) is 4.50. The summed E-state index contributed by atoms with van der Waals surface area (Å²) in [6.45, 7) is 5.84. The number of hydrogen-bond donors (Lipinski definition) is 3. The highest BCUT2D eigenvalue weighted by atomic mass is 35.5. The Labute approximate surface area is 161 Å². The van der Waals surface area contributed by atoms with Gasteiger partial charge >= 0.3 is 0 Å². The van der Waals surface area contributed by atoms with Gasteiger partial charge in [0, 0.05) is 45.5 Å². The number of nitrogens with two attached hydrogens (primary N) is 1. The number of nitrogens with one attached hydrogen (secondary N) is 2. The number of hydrogen-bond acceptors (Lipinski definition) is 6. The predicted molar refractivity (Wildman–Crippen MR) is 106 cm³/mol. The number of carbonyl (C=O) groups excluding carboxylic acids is 1. The van der Waals surface area contributed by atoms with Crippen LogP contribution in [0.3, 0.4) is 0 Å². The van der Waals surface area contributed by atoms with Gasteiger partial charge in [0.15, 0.2) is 0 Å². The van der Waals surface area contributed by atoms with Crippen LogP contribution in [-0.2, 0) is 14.8 Å². The van der Waals surface area contributed by atoms with E-state index in [0.29, 0.717) is 45.0 Å². The third-order valence-electron chi connectivity index (χ3n) is 3.63. The molecule has 0 saturated carbocycles. The van der Waals surface area contributed by atoms with E-state index in [-0.39, 0.29) is 28.8 Å². The van der Waals surface area contributed by atoms with Crippen molar-refractivity contribution >= 4 is 34.0 Å². The summed E-state index contributed by atoms with van der Waals surface area (Å²) in [4.78, 5) is 12.5. The van der Waals surface area contributed by atoms with E-state index in [1.807, 2.05) is 0 Å². The molecule has 1 rings (SSSR count). The maximum atomic E-state index is 12.7. The predicted octanol–water partition coefficient (Wildman–Crippen LogP) is 0.886. The largest absolute Gasteiger partial charge is 0.383 e. The molecule has 0 aromatic heterocycles. The summed E-state index contributed by atoms with van der Waals surface area (Å²) in [5.41, 5.74) is 6.22. The van der Waals surface area contributed by atoms with E-state index >= 15 is 0 Å². The van der Waals surface area contributed by atoms with Crippen molar-refractivity contribution in [3.63, 3.8) is 0 Å². The van der Waals surface area contributed by atoms with Gasteiger partial charge in [-0.15, -0.1) is 12.4 Å². The zero-order chi connectivity index (χ0) is 18.9. The molecule has 0 aliphatic heterocycles. The quantitative estimate of drug-likeness (QED) is 0.468. The van der Waals surface area contributed by atoms with E-state index in [2.05, 4.69) is 10.6 Å². The van der Waals surface area contributed by atoms with Crippen molar-refractivity contribution in [3.05, 3.63) is 23.8 Å². The van der Waals surface area contributed by atoms with Gasteiger partial charge in [-0.2, -0.15) is 4.31 Å². The average molecular weight is 409 g/mol. The first-order valence-electron chi connectivity index (χ1n) is 8.27. The van der Waals surface area contributed by atoms with Crippen molar-refractivity contribution < 1.29 is 17.9 Å². The normalized spacial score (nSPS) is 11.1. The molecule has 0 unspecified atom stereocenters. The molecular formula is C16H29ClN4O4S. The fourth-order valence-corrected chi connectivity index (χ4v) is 3.79. The van der Waals surface area contributed by atoms with Crippen molar-refractivity contribution in [3.8, 4) is 0 Å². The lowest BCUT2D eigenvalue weighted by Gasteiger charge is -2.20. The number of benzene rings is 1. The highest BCUT2D eigenvalue weighted by Crippen LogP contribution is 2.23. The Hall–Kier alpha value is -1.39. The highest BCUT2D eigenvalue weighted by molar-refractivity contribution is 7.89. The van der Waals surface area contributed by atoms with E-state index in [0.717, 1.165) is 0 Å². The van der Waals surface area contributed by atoms with Crippen LogP contribution in [0, 0.1) is 0 Å². The number of anilines is 1. The maximum absolute atomic E-state index is 12.7. The van der Waals surface area contributed by atoms with Crippen LogP contribution in [0.5, 0.6) is 0 Å². The van der Waals surface area contributed by atoms with Gasteiger partial charge in [0.05, 0.1) is 17.1 Å². The summed E-state index contributed by atoms with van der Waals surface area (Å²) < 4.78 is 31.7. The Balaban J connectivity index is 0.00000625. The zero-order valence-corrected chi connectivity index (χ0v) is 17.1. The second kappa shape index (κ2) is 12.1. The minimum atomic E-state index is -3.64. The van der Waals surface area contributed by atoms with Gasteiger partial charge in [0.25, 0.3) is 5.91 Å². The van der Waals surface area contributed by atoms with Crippen molar-refractivity contribution in [2.24, 2.45) is 5.73 Å². The number of nitrogens with zero attached hydrogens (tertiary/aromatic N) is 1. The molecule has 0 aliphatic rings. The third-order valence-corrected chi connectivity index (χ3v) is 5.68. The first kappa shape index (κ1) is 24.6. The first-order chi connectivity index (χ1) is 11.9. The topological polar surface area (TPSA) is 114 Å². The van der Waals surface area contributed by atoms with Crippen LogP contribution in [-0.4, -0.2) is 65.1 Å². The third kappa shape index (κ3) is 6.40. The van der Waals surface area contributed by atoms with Gasteiger partial charge in [-0.1, -0.05) is 13.8 Å². The standard InChI is InChI=1S/C16H28N4O4S.ClH/c1-4-20(5-2)25(22,23)13-6-7-15(18-10-11-24-3)14(12-13)16(21)19-9-8-17;/h6-7,12,18H,4-5,8-11,17H2,1-3H3,(H,19,21);1H. The molecule has 26 heavy (non-hydrogen) atoms. The van der Waals surface area contributed by atoms with Crippen molar-refractivity contribution in [2.75, 3.05) is 51.8 Å². The zero-order valence-electron chi connectivity index (χ0n) is 15.4. The molecule has 0 aliphatic carbocycles. The molecule has 0 spiro atoms. The number of rotatable bonds is 11. The highest BCUT2D eigenvalue weighted by Gasteiger charge is 2.24. The Kier molecular flexibility index (Phi) is 11.4. The van der Waals surface area contributed by atoms with E-state index in [1.54, 1.807) is 27.0 Å². The van der Waals surface area contributed by atoms with Crippen LogP contribution in [0.2, 0.25) is 0 Å². The lowest BCUT2D eigenvalue weighted by atomic mass is 10.1. The number of methoxy groups -OCH3 is 1. The fourth-order valence-electron chi connectivity index (χ4n) is 2.31. The van der Waals surface area contributed by atoms with Gasteiger partial charge in [-0.25, -0.2) is 8.42 Å². The molecule has 0 saturated heterocycles. The molecule has 1 aromatic carbocycles. The SMILES string of the molecule is CCN(CC)S(=O)(=O)c1ccc(NCCOC)c(C(=O)NCCN)c1.Cl. The van der Waals surface area contributed by atoms with Crippen molar-refractivity contribution in [1.29, 1.82) is 0 Å². The van der Waals surface area contributed by atoms with Gasteiger partial charge in [0.1, 0.15) is 0 Å². The average Bonchev–Trinajstić information content (AvgIpc) is 2.60. The molecule has 0 atom stereocenters. The lowest BCUT2D eigenvalue weighted by molar-refractivity contribution is 0.0955. The second-order valence-electron chi connectivity index (χ2n) is 5.26. The minimum absolute atomic E-state index is 0. The van der Waals surface area contributed by atoms with Crippen LogP contribution >= 0.6 is 12.4 Å². The van der Waals surface area contributed by atoms with E-state index in [4.69, 9.17) is 10.5 Å². The minimum Gasteiger partial charge on any atom is -0.383 e. The summed E-state index contributed by atoms with van der Waals surface area (Å²) >= 11 is 0. The van der Waals surface area contributed by atoms with Crippen molar-refractivity contribution in [1.82, 2.24) is 9.62 Å². The Morgan fingerprint density at radius 1 is 1.23 bits per heavy atom. The Bertz CT molecular complexity index is 666. The van der Waals surface area contributed by atoms with Crippen LogP contribution in [0.4, 0.5) is 5.69 Å². The molecule has 1 amide bonds. The molecule has 1 aromatic rings. The summed E-state index contributed by atoms with van der Waals surface area (Å²) in [6.07, 6.45) is 0. The molecular weight excluding hydrogens is 380 g/mol. The molecule has 0 radical (unpaired) electrons. The summed E-state index contributed by atoms with van der Waals surface area (Å²) in [7, 11) is -2.06. The number of halogens is 1. The van der Waals surface area contributed by atoms with Gasteiger partial charge in [0.2, 0.25) is 10.0 Å². The van der Waals surface area contributed by atoms with Gasteiger partial charge < -0.3 is 21.1 Å². The van der Waals surface area contributed by atoms with Crippen LogP contribution in [0.1, 0.15) is 24.2 Å². The summed E-state index contributed by atoms with van der Waals surface area (Å²) in [5.74, 6) is -0.373. The number of sulfonamides is 1. The van der Waals surface area contributed by atoms with Gasteiger partial charge in [-0.05, 0) is 18.2 Å². The maximum Gasteiger partial charge on any atom is 0.253 e. The molecule has 0 fully saturated rings. The van der Waals surface area contributed by atoms with Gasteiger partial charge in [-0.3, -0.25) is 4.79 Å². The number of amides is 1. The molecule has 0 bridgehead atoms. The molecule has 10 heteroatoms. The van der Waals surface area contributed by atoms with E-state index in [9.17, 15) is 13.2 Å².